The maximum absolute atomic E-state index is 13.6. The molecule has 1 aromatic rings. The van der Waals surface area contributed by atoms with Gasteiger partial charge in [0, 0.05) is 31.1 Å². The van der Waals surface area contributed by atoms with Crippen LogP contribution in [0, 0.1) is 17.3 Å². The van der Waals surface area contributed by atoms with Crippen LogP contribution < -0.4 is 4.72 Å². The van der Waals surface area contributed by atoms with Gasteiger partial charge in [0.05, 0.1) is 21.8 Å². The molecule has 2 aliphatic carbocycles. The topological polar surface area (TPSA) is 41.6 Å². The van der Waals surface area contributed by atoms with Crippen LogP contribution in [0.25, 0.3) is 0 Å². The van der Waals surface area contributed by atoms with E-state index in [9.17, 15) is 4.21 Å². The lowest BCUT2D eigenvalue weighted by Gasteiger charge is -2.55. The summed E-state index contributed by atoms with van der Waals surface area (Å²) >= 11 is 9.87. The van der Waals surface area contributed by atoms with Gasteiger partial charge in [0.15, 0.2) is 0 Å². The Kier molecular flexibility index (Phi) is 7.17. The molecular formula is C24H37BrN2O2S2. The molecule has 174 valence electrons. The number of halogens is 1. The summed E-state index contributed by atoms with van der Waals surface area (Å²) in [5.74, 6) is 0.751. The third-order valence-corrected chi connectivity index (χ3v) is 9.92. The van der Waals surface area contributed by atoms with Gasteiger partial charge in [-0.15, -0.1) is 0 Å². The summed E-state index contributed by atoms with van der Waals surface area (Å²) in [4.78, 5) is 2.83. The number of nitrogens with zero attached hydrogens (tertiary/aromatic N) is 1. The van der Waals surface area contributed by atoms with Gasteiger partial charge in [-0.25, -0.2) is 8.93 Å². The van der Waals surface area contributed by atoms with E-state index in [1.54, 1.807) is 0 Å². The first-order chi connectivity index (χ1) is 14.3. The molecule has 1 saturated carbocycles. The molecule has 1 spiro atoms. The first-order valence-electron chi connectivity index (χ1n) is 11.0. The van der Waals surface area contributed by atoms with Gasteiger partial charge in [0.25, 0.3) is 0 Å². The summed E-state index contributed by atoms with van der Waals surface area (Å²) in [7, 11) is 4.54. The quantitative estimate of drug-likeness (QED) is 0.544. The second-order valence-corrected chi connectivity index (χ2v) is 14.0. The normalized spacial score (nSPS) is 33.9. The number of thiocarbonyl (C=S) groups is 1. The molecule has 0 saturated heterocycles. The molecule has 31 heavy (non-hydrogen) atoms. The molecule has 4 atom stereocenters. The Labute approximate surface area is 204 Å². The summed E-state index contributed by atoms with van der Waals surface area (Å²) in [6.45, 7) is 10.6. The van der Waals surface area contributed by atoms with Crippen molar-refractivity contribution in [3.05, 3.63) is 33.8 Å². The third-order valence-electron chi connectivity index (χ3n) is 7.15. The van der Waals surface area contributed by atoms with E-state index in [2.05, 4.69) is 52.7 Å². The molecule has 0 heterocycles. The summed E-state index contributed by atoms with van der Waals surface area (Å²) in [5.41, 5.74) is 1.59. The number of methoxy groups -OCH3 is 1. The van der Waals surface area contributed by atoms with Crippen molar-refractivity contribution in [3.63, 3.8) is 0 Å². The molecular weight excluding hydrogens is 492 g/mol. The van der Waals surface area contributed by atoms with Gasteiger partial charge in [-0.2, -0.15) is 0 Å². The summed E-state index contributed by atoms with van der Waals surface area (Å²) < 4.78 is 23.8. The third kappa shape index (κ3) is 4.18. The van der Waals surface area contributed by atoms with Gasteiger partial charge in [-0.05, 0) is 75.1 Å². The molecule has 0 aliphatic heterocycles. The molecule has 2 aliphatic rings. The van der Waals surface area contributed by atoms with Crippen molar-refractivity contribution in [3.8, 4) is 0 Å². The zero-order valence-corrected chi connectivity index (χ0v) is 23.3. The predicted octanol–water partition coefficient (Wildman–Crippen LogP) is 5.21. The van der Waals surface area contributed by atoms with Gasteiger partial charge >= 0.3 is 0 Å². The van der Waals surface area contributed by atoms with Crippen molar-refractivity contribution in [2.75, 3.05) is 21.2 Å². The Morgan fingerprint density at radius 3 is 2.32 bits per heavy atom. The van der Waals surface area contributed by atoms with Crippen molar-refractivity contribution in [1.82, 2.24) is 9.62 Å². The summed E-state index contributed by atoms with van der Waals surface area (Å²) in [5, 5.41) is 0. The van der Waals surface area contributed by atoms with Crippen molar-refractivity contribution >= 4 is 44.1 Å². The van der Waals surface area contributed by atoms with E-state index >= 15 is 0 Å². The number of rotatable bonds is 4. The Hall–Kier alpha value is -0.340. The highest BCUT2D eigenvalue weighted by Gasteiger charge is 2.64. The average Bonchev–Trinajstić information content (AvgIpc) is 2.89. The minimum absolute atomic E-state index is 0.174. The Morgan fingerprint density at radius 1 is 1.26 bits per heavy atom. The van der Waals surface area contributed by atoms with Crippen LogP contribution in [0.2, 0.25) is 0 Å². The molecule has 1 fully saturated rings. The fourth-order valence-electron chi connectivity index (χ4n) is 6.04. The fourth-order valence-corrected chi connectivity index (χ4v) is 7.85. The van der Waals surface area contributed by atoms with Gasteiger partial charge in [0.2, 0.25) is 0 Å². The van der Waals surface area contributed by atoms with Crippen LogP contribution >= 0.6 is 28.1 Å². The summed E-state index contributed by atoms with van der Waals surface area (Å²) in [6.07, 6.45) is 3.07. The van der Waals surface area contributed by atoms with Gasteiger partial charge in [-0.1, -0.05) is 48.1 Å². The fraction of sp³-hybridized carbons (Fsp3) is 0.708. The number of benzene rings is 1. The van der Waals surface area contributed by atoms with Gasteiger partial charge < -0.3 is 9.64 Å². The van der Waals surface area contributed by atoms with Crippen LogP contribution in [0.15, 0.2) is 22.7 Å². The van der Waals surface area contributed by atoms with Crippen LogP contribution in [-0.4, -0.2) is 46.2 Å². The highest BCUT2D eigenvalue weighted by atomic mass is 79.9. The maximum Gasteiger partial charge on any atom is 0.112 e. The summed E-state index contributed by atoms with van der Waals surface area (Å²) in [6, 6.07) is 6.50. The van der Waals surface area contributed by atoms with E-state index < -0.39 is 21.3 Å². The first kappa shape index (κ1) is 25.3. The van der Waals surface area contributed by atoms with Crippen LogP contribution in [0.1, 0.15) is 58.6 Å². The molecule has 0 amide bonds. The van der Waals surface area contributed by atoms with E-state index in [0.29, 0.717) is 11.8 Å². The largest absolute Gasteiger partial charge is 0.381 e. The zero-order valence-electron chi connectivity index (χ0n) is 20.0. The van der Waals surface area contributed by atoms with Crippen molar-refractivity contribution < 1.29 is 8.95 Å². The minimum Gasteiger partial charge on any atom is -0.381 e. The molecule has 0 radical (unpaired) electrons. The molecule has 0 aromatic heterocycles. The van der Waals surface area contributed by atoms with E-state index in [1.807, 2.05) is 46.9 Å². The number of nitrogens with one attached hydrogen (secondary N) is 1. The maximum atomic E-state index is 13.6. The average molecular weight is 530 g/mol. The van der Waals surface area contributed by atoms with Crippen molar-refractivity contribution in [2.45, 2.75) is 70.3 Å². The highest BCUT2D eigenvalue weighted by Crippen LogP contribution is 2.61. The second kappa shape index (κ2) is 8.79. The molecule has 3 rings (SSSR count). The lowest BCUT2D eigenvalue weighted by atomic mass is 9.56. The number of hydrogen-bond acceptors (Lipinski definition) is 3. The lowest BCUT2D eigenvalue weighted by molar-refractivity contribution is -0.0677. The standard InChI is InChI=1S/C24H37BrN2O2S2/c1-15-12-23(13-16(2)20(15)29-8)14-17-9-10-18(25)11-19(17)24(23,21(30)27(6)7)26-31(28)22(3,4)5/h9-11,15-16,20,26H,12-14H2,1-8H3. The molecule has 7 heteroatoms. The van der Waals surface area contributed by atoms with Gasteiger partial charge in [0.1, 0.15) is 10.5 Å². The monoisotopic (exact) mass is 528 g/mol. The SMILES string of the molecule is COC1C(C)CC2(Cc3ccc(Br)cc3C2(NS(=O)C(C)(C)C)C(=S)N(C)C)CC1C. The smallest absolute Gasteiger partial charge is 0.112 e. The number of likely N-dealkylation sites (N-methyl/N-ethyl adjacent to an activating group) is 1. The van der Waals surface area contributed by atoms with Crippen LogP contribution in [0.5, 0.6) is 0 Å². The highest BCUT2D eigenvalue weighted by molar-refractivity contribution is 9.10. The minimum atomic E-state index is -1.29. The molecule has 4 nitrogen and oxygen atoms in total. The number of ether oxygens (including phenoxy) is 1. The van der Waals surface area contributed by atoms with Crippen molar-refractivity contribution in [2.24, 2.45) is 17.3 Å². The first-order valence-corrected chi connectivity index (χ1v) is 13.4. The second-order valence-electron chi connectivity index (χ2n) is 10.8. The number of fused-ring (bicyclic) bond motifs is 1. The van der Waals surface area contributed by atoms with E-state index in [0.717, 1.165) is 34.3 Å². The number of hydrogen-bond donors (Lipinski definition) is 1. The molecule has 1 aromatic carbocycles. The van der Waals surface area contributed by atoms with E-state index in [4.69, 9.17) is 17.0 Å². The van der Waals surface area contributed by atoms with E-state index in [-0.39, 0.29) is 11.5 Å². The zero-order chi connectivity index (χ0) is 23.4. The Morgan fingerprint density at radius 2 is 1.84 bits per heavy atom. The molecule has 0 bridgehead atoms. The predicted molar refractivity (Wildman–Crippen MR) is 138 cm³/mol. The van der Waals surface area contributed by atoms with Crippen LogP contribution in [0.4, 0.5) is 0 Å². The lowest BCUT2D eigenvalue weighted by Crippen LogP contribution is -2.65. The molecule has 1 N–H and O–H groups in total. The van der Waals surface area contributed by atoms with Crippen LogP contribution in [-0.2, 0) is 27.7 Å². The van der Waals surface area contributed by atoms with E-state index in [1.165, 1.54) is 5.56 Å². The van der Waals surface area contributed by atoms with Gasteiger partial charge in [-0.3, -0.25) is 0 Å². The Bertz CT molecular complexity index is 871. The Balaban J connectivity index is 2.29. The molecule has 4 unspecified atom stereocenters. The van der Waals surface area contributed by atoms with Crippen LogP contribution in [0.3, 0.4) is 0 Å². The van der Waals surface area contributed by atoms with Crippen molar-refractivity contribution in [1.29, 1.82) is 0 Å².